The molecule has 2 aromatic carbocycles. The van der Waals surface area contributed by atoms with Crippen molar-refractivity contribution in [3.05, 3.63) is 75.9 Å². The number of amides is 3. The van der Waals surface area contributed by atoms with Crippen LogP contribution < -0.4 is 10.2 Å². The van der Waals surface area contributed by atoms with Gasteiger partial charge in [-0.15, -0.1) is 0 Å². The van der Waals surface area contributed by atoms with Gasteiger partial charge in [0, 0.05) is 11.6 Å². The number of nitrogens with one attached hydrogen (secondary N) is 1. The van der Waals surface area contributed by atoms with Crippen LogP contribution in [0, 0.1) is 40.7 Å². The zero-order valence-electron chi connectivity index (χ0n) is 16.6. The van der Waals surface area contributed by atoms with Gasteiger partial charge in [0.05, 0.1) is 33.7 Å². The lowest BCUT2D eigenvalue weighted by Crippen LogP contribution is -2.32. The highest BCUT2D eigenvalue weighted by Crippen LogP contribution is 2.53. The number of benzene rings is 2. The lowest BCUT2D eigenvalue weighted by Gasteiger charge is -2.17. The molecule has 4 atom stereocenters. The van der Waals surface area contributed by atoms with Crippen molar-refractivity contribution in [2.45, 2.75) is 13.3 Å². The minimum atomic E-state index is -0.499. The Hall–Kier alpha value is -3.81. The number of imide groups is 1. The molecule has 2 fully saturated rings. The molecule has 2 aromatic rings. The molecule has 2 aliphatic carbocycles. The first-order valence-corrected chi connectivity index (χ1v) is 10.1. The molecule has 0 radical (unpaired) electrons. The molecule has 3 aliphatic rings. The van der Waals surface area contributed by atoms with E-state index in [9.17, 15) is 24.5 Å². The number of nitro benzene ring substituents is 1. The summed E-state index contributed by atoms with van der Waals surface area (Å²) in [7, 11) is 0. The summed E-state index contributed by atoms with van der Waals surface area (Å²) < 4.78 is 0. The van der Waals surface area contributed by atoms with Gasteiger partial charge in [0.2, 0.25) is 11.8 Å². The monoisotopic (exact) mass is 417 g/mol. The molecule has 8 heteroatoms. The lowest BCUT2D eigenvalue weighted by atomic mass is 9.85. The largest absolute Gasteiger partial charge is 0.321 e. The van der Waals surface area contributed by atoms with E-state index >= 15 is 0 Å². The summed E-state index contributed by atoms with van der Waals surface area (Å²) in [6, 6.07) is 10.7. The number of fused-ring (bicyclic) bond motifs is 5. The zero-order valence-corrected chi connectivity index (χ0v) is 16.6. The Morgan fingerprint density at radius 1 is 1.03 bits per heavy atom. The minimum absolute atomic E-state index is 0.0757. The quantitative estimate of drug-likeness (QED) is 0.355. The summed E-state index contributed by atoms with van der Waals surface area (Å²) in [5.41, 5.74) is 1.40. The van der Waals surface area contributed by atoms with E-state index in [0.717, 1.165) is 6.42 Å². The van der Waals surface area contributed by atoms with E-state index in [4.69, 9.17) is 0 Å². The summed E-state index contributed by atoms with van der Waals surface area (Å²) in [6.07, 6.45) is 4.96. The Morgan fingerprint density at radius 2 is 1.65 bits per heavy atom. The number of carbonyl (C=O) groups excluding carboxylic acids is 3. The first kappa shape index (κ1) is 19.2. The molecule has 1 N–H and O–H groups in total. The van der Waals surface area contributed by atoms with Gasteiger partial charge < -0.3 is 5.32 Å². The second kappa shape index (κ2) is 6.87. The summed E-state index contributed by atoms with van der Waals surface area (Å²) in [5.74, 6) is -1.05. The van der Waals surface area contributed by atoms with Gasteiger partial charge in [-0.2, -0.15) is 0 Å². The number of allylic oxidation sites excluding steroid dienone is 2. The molecule has 31 heavy (non-hydrogen) atoms. The average Bonchev–Trinajstić information content (AvgIpc) is 3.43. The highest BCUT2D eigenvalue weighted by atomic mass is 16.6. The van der Waals surface area contributed by atoms with Crippen molar-refractivity contribution in [1.82, 2.24) is 0 Å². The molecule has 5 rings (SSSR count). The number of carbonyl (C=O) groups is 3. The van der Waals surface area contributed by atoms with Crippen LogP contribution in [0.5, 0.6) is 0 Å². The standard InChI is InChI=1S/C23H19N3O5/c1-12-17(3-2-4-18(12)26(30)31)24-21(27)13-7-9-16(10-8-13)25-22(28)19-14-5-6-15(11-14)20(19)23(25)29/h2-10,14-15,19-20H,11H2,1H3,(H,24,27). The topological polar surface area (TPSA) is 110 Å². The van der Waals surface area contributed by atoms with Crippen molar-refractivity contribution >= 4 is 34.8 Å². The molecule has 0 spiro atoms. The Kier molecular flexibility index (Phi) is 4.25. The van der Waals surface area contributed by atoms with E-state index in [1.54, 1.807) is 37.3 Å². The highest BCUT2D eigenvalue weighted by Gasteiger charge is 2.59. The predicted octanol–water partition coefficient (Wildman–Crippen LogP) is 3.47. The van der Waals surface area contributed by atoms with E-state index in [0.29, 0.717) is 22.5 Å². The number of rotatable bonds is 4. The number of hydrogen-bond acceptors (Lipinski definition) is 5. The molecular weight excluding hydrogens is 398 g/mol. The van der Waals surface area contributed by atoms with Crippen molar-refractivity contribution in [2.24, 2.45) is 23.7 Å². The van der Waals surface area contributed by atoms with Gasteiger partial charge in [-0.25, -0.2) is 0 Å². The maximum absolute atomic E-state index is 12.9. The number of anilines is 2. The van der Waals surface area contributed by atoms with Crippen molar-refractivity contribution in [1.29, 1.82) is 0 Å². The van der Waals surface area contributed by atoms with Gasteiger partial charge in [-0.1, -0.05) is 18.2 Å². The van der Waals surface area contributed by atoms with E-state index in [2.05, 4.69) is 5.32 Å². The van der Waals surface area contributed by atoms with Crippen molar-refractivity contribution in [3.63, 3.8) is 0 Å². The first-order valence-electron chi connectivity index (χ1n) is 10.1. The van der Waals surface area contributed by atoms with Crippen molar-refractivity contribution < 1.29 is 19.3 Å². The summed E-state index contributed by atoms with van der Waals surface area (Å²) in [5, 5.41) is 13.8. The van der Waals surface area contributed by atoms with Crippen LogP contribution in [0.4, 0.5) is 17.1 Å². The third-order valence-electron chi connectivity index (χ3n) is 6.61. The Morgan fingerprint density at radius 3 is 2.23 bits per heavy atom. The second-order valence-electron chi connectivity index (χ2n) is 8.22. The number of nitro groups is 1. The normalized spacial score (nSPS) is 25.8. The number of hydrogen-bond donors (Lipinski definition) is 1. The molecule has 1 saturated heterocycles. The molecule has 1 heterocycles. The molecule has 0 aromatic heterocycles. The Labute approximate surface area is 177 Å². The van der Waals surface area contributed by atoms with Crippen LogP contribution in [0.1, 0.15) is 22.3 Å². The fourth-order valence-corrected chi connectivity index (χ4v) is 5.07. The van der Waals surface area contributed by atoms with Gasteiger partial charge in [-0.3, -0.25) is 29.4 Å². The SMILES string of the molecule is Cc1c(NC(=O)c2ccc(N3C(=O)C4C5C=CC(C5)C4C3=O)cc2)cccc1[N+](=O)[O-]. The van der Waals surface area contributed by atoms with Gasteiger partial charge in [0.25, 0.3) is 11.6 Å². The molecule has 4 unspecified atom stereocenters. The molecule has 1 aliphatic heterocycles. The third kappa shape index (κ3) is 2.86. The van der Waals surface area contributed by atoms with Gasteiger partial charge in [0.1, 0.15) is 0 Å². The summed E-state index contributed by atoms with van der Waals surface area (Å²) in [4.78, 5) is 50.3. The van der Waals surface area contributed by atoms with Crippen LogP contribution in [-0.2, 0) is 9.59 Å². The maximum atomic E-state index is 12.9. The second-order valence-corrected chi connectivity index (χ2v) is 8.22. The predicted molar refractivity (Wildman–Crippen MR) is 112 cm³/mol. The van der Waals surface area contributed by atoms with E-state index in [1.165, 1.54) is 17.0 Å². The number of nitrogens with zero attached hydrogens (tertiary/aromatic N) is 2. The van der Waals surface area contributed by atoms with E-state index < -0.39 is 10.8 Å². The van der Waals surface area contributed by atoms with Crippen LogP contribution in [0.2, 0.25) is 0 Å². The fraction of sp³-hybridized carbons (Fsp3) is 0.261. The van der Waals surface area contributed by atoms with E-state index in [1.807, 2.05) is 12.2 Å². The van der Waals surface area contributed by atoms with Gasteiger partial charge >= 0.3 is 0 Å². The summed E-state index contributed by atoms with van der Waals surface area (Å²) in [6.45, 7) is 1.57. The molecule has 3 amide bonds. The van der Waals surface area contributed by atoms with Gasteiger partial charge in [0.15, 0.2) is 0 Å². The van der Waals surface area contributed by atoms with Gasteiger partial charge in [-0.05, 0) is 55.5 Å². The maximum Gasteiger partial charge on any atom is 0.274 e. The van der Waals surface area contributed by atoms with Crippen LogP contribution in [-0.4, -0.2) is 22.6 Å². The van der Waals surface area contributed by atoms with Crippen molar-refractivity contribution in [3.8, 4) is 0 Å². The lowest BCUT2D eigenvalue weighted by molar-refractivity contribution is -0.385. The fourth-order valence-electron chi connectivity index (χ4n) is 5.07. The van der Waals surface area contributed by atoms with Crippen LogP contribution >= 0.6 is 0 Å². The minimum Gasteiger partial charge on any atom is -0.321 e. The summed E-state index contributed by atoms with van der Waals surface area (Å²) >= 11 is 0. The molecule has 1 saturated carbocycles. The smallest absolute Gasteiger partial charge is 0.274 e. The molecule has 2 bridgehead atoms. The Balaban J connectivity index is 1.35. The van der Waals surface area contributed by atoms with E-state index in [-0.39, 0.29) is 41.2 Å². The molecule has 156 valence electrons. The average molecular weight is 417 g/mol. The third-order valence-corrected chi connectivity index (χ3v) is 6.61. The van der Waals surface area contributed by atoms with Crippen LogP contribution in [0.15, 0.2) is 54.6 Å². The highest BCUT2D eigenvalue weighted by molar-refractivity contribution is 6.23. The Bertz CT molecular complexity index is 1140. The zero-order chi connectivity index (χ0) is 21.9. The van der Waals surface area contributed by atoms with Crippen LogP contribution in [0.25, 0.3) is 0 Å². The van der Waals surface area contributed by atoms with Crippen molar-refractivity contribution in [2.75, 3.05) is 10.2 Å². The molecular formula is C23H19N3O5. The first-order chi connectivity index (χ1) is 14.9. The molecule has 8 nitrogen and oxygen atoms in total. The van der Waals surface area contributed by atoms with Crippen LogP contribution in [0.3, 0.4) is 0 Å².